The second-order valence-electron chi connectivity index (χ2n) is 6.75. The Balaban J connectivity index is 0.00000169. The number of thiophene rings is 1. The molecular formula is C19H24BrNO2S. The number of hydrogen-bond donors (Lipinski definition) is 3. The molecule has 0 fully saturated rings. The van der Waals surface area contributed by atoms with Crippen molar-refractivity contribution < 1.29 is 10.2 Å². The fraction of sp³-hybridized carbons (Fsp3) is 0.474. The van der Waals surface area contributed by atoms with Crippen molar-refractivity contribution >= 4 is 28.3 Å². The van der Waals surface area contributed by atoms with Crippen LogP contribution in [-0.2, 0) is 19.4 Å². The van der Waals surface area contributed by atoms with Gasteiger partial charge < -0.3 is 15.5 Å². The number of aromatic hydroxyl groups is 2. The van der Waals surface area contributed by atoms with Crippen LogP contribution >= 0.6 is 28.3 Å². The Morgan fingerprint density at radius 1 is 1.17 bits per heavy atom. The van der Waals surface area contributed by atoms with Gasteiger partial charge in [-0.2, -0.15) is 0 Å². The Labute approximate surface area is 157 Å². The average Bonchev–Trinajstić information content (AvgIpc) is 2.96. The monoisotopic (exact) mass is 409 g/mol. The van der Waals surface area contributed by atoms with Crippen LogP contribution in [0.4, 0.5) is 0 Å². The van der Waals surface area contributed by atoms with Crippen molar-refractivity contribution in [2.45, 2.75) is 57.5 Å². The second kappa shape index (κ2) is 7.06. The summed E-state index contributed by atoms with van der Waals surface area (Å²) < 4.78 is 0. The summed E-state index contributed by atoms with van der Waals surface area (Å²) in [5, 5.41) is 23.5. The van der Waals surface area contributed by atoms with Gasteiger partial charge in [0.15, 0.2) is 11.5 Å². The van der Waals surface area contributed by atoms with E-state index in [1.165, 1.54) is 45.7 Å². The molecule has 5 heteroatoms. The fourth-order valence-electron chi connectivity index (χ4n) is 4.00. The summed E-state index contributed by atoms with van der Waals surface area (Å²) in [5.41, 5.74) is 3.79. The van der Waals surface area contributed by atoms with Crippen molar-refractivity contribution in [1.29, 1.82) is 0 Å². The van der Waals surface area contributed by atoms with E-state index in [9.17, 15) is 10.2 Å². The third kappa shape index (κ3) is 2.98. The Hall–Kier alpha value is -1.04. The number of aryl methyl sites for hydroxylation is 2. The predicted molar refractivity (Wildman–Crippen MR) is 104 cm³/mol. The summed E-state index contributed by atoms with van der Waals surface area (Å²) in [7, 11) is 0. The molecule has 1 aliphatic heterocycles. The maximum Gasteiger partial charge on any atom is 0.157 e. The smallest absolute Gasteiger partial charge is 0.157 e. The van der Waals surface area contributed by atoms with E-state index in [-0.39, 0.29) is 28.5 Å². The molecule has 24 heavy (non-hydrogen) atoms. The van der Waals surface area contributed by atoms with Gasteiger partial charge in [0.25, 0.3) is 0 Å². The van der Waals surface area contributed by atoms with Gasteiger partial charge in [-0.15, -0.1) is 28.3 Å². The Morgan fingerprint density at radius 3 is 2.75 bits per heavy atom. The lowest BCUT2D eigenvalue weighted by molar-refractivity contribution is 0.383. The molecule has 1 aromatic carbocycles. The van der Waals surface area contributed by atoms with E-state index in [2.05, 4.69) is 18.3 Å². The first-order chi connectivity index (χ1) is 11.2. The van der Waals surface area contributed by atoms with E-state index < -0.39 is 0 Å². The molecule has 3 nitrogen and oxygen atoms in total. The van der Waals surface area contributed by atoms with E-state index in [1.54, 1.807) is 12.1 Å². The second-order valence-corrected chi connectivity index (χ2v) is 7.92. The molecule has 2 heterocycles. The van der Waals surface area contributed by atoms with Gasteiger partial charge >= 0.3 is 0 Å². The standard InChI is InChI=1S/C19H23NO2S.BrH/c1-2-3-4-13-7-12-10-20-15-6-5-11-8-16(21)17(22)9-14(11)18(15)19(12)23-13;/h7-9,15,18,20-22H,2-6,10H2,1H3;1H. The molecule has 2 unspecified atom stereocenters. The largest absolute Gasteiger partial charge is 0.504 e. The summed E-state index contributed by atoms with van der Waals surface area (Å²) in [6.45, 7) is 3.19. The molecule has 2 aromatic rings. The molecule has 0 bridgehead atoms. The molecule has 1 aliphatic carbocycles. The summed E-state index contributed by atoms with van der Waals surface area (Å²) in [6, 6.07) is 6.34. The van der Waals surface area contributed by atoms with E-state index in [1.807, 2.05) is 11.3 Å². The molecule has 2 aliphatic rings. The summed E-state index contributed by atoms with van der Waals surface area (Å²) in [6.07, 6.45) is 5.68. The predicted octanol–water partition coefficient (Wildman–Crippen LogP) is 4.63. The summed E-state index contributed by atoms with van der Waals surface area (Å²) >= 11 is 1.95. The normalized spacial score (nSPS) is 21.4. The molecule has 0 saturated heterocycles. The highest BCUT2D eigenvalue weighted by Crippen LogP contribution is 2.46. The molecule has 0 saturated carbocycles. The zero-order valence-electron chi connectivity index (χ0n) is 13.8. The van der Waals surface area contributed by atoms with E-state index in [4.69, 9.17) is 0 Å². The molecule has 4 rings (SSSR count). The van der Waals surface area contributed by atoms with E-state index in [0.29, 0.717) is 12.0 Å². The number of fused-ring (bicyclic) bond motifs is 5. The van der Waals surface area contributed by atoms with Crippen LogP contribution in [0.15, 0.2) is 18.2 Å². The quantitative estimate of drug-likeness (QED) is 0.647. The van der Waals surface area contributed by atoms with Gasteiger partial charge in [-0.3, -0.25) is 0 Å². The van der Waals surface area contributed by atoms with Gasteiger partial charge in [0.05, 0.1) is 0 Å². The summed E-state index contributed by atoms with van der Waals surface area (Å²) in [4.78, 5) is 2.94. The highest BCUT2D eigenvalue weighted by molar-refractivity contribution is 8.93. The molecule has 0 spiro atoms. The summed E-state index contributed by atoms with van der Waals surface area (Å²) in [5.74, 6) is 0.315. The zero-order chi connectivity index (χ0) is 16.0. The Bertz CT molecular complexity index is 743. The van der Waals surface area contributed by atoms with Crippen LogP contribution in [0.3, 0.4) is 0 Å². The lowest BCUT2D eigenvalue weighted by atomic mass is 9.75. The van der Waals surface area contributed by atoms with Gasteiger partial charge in [-0.25, -0.2) is 0 Å². The van der Waals surface area contributed by atoms with Crippen molar-refractivity contribution in [3.8, 4) is 11.5 Å². The average molecular weight is 410 g/mol. The van der Waals surface area contributed by atoms with Crippen LogP contribution < -0.4 is 5.32 Å². The Morgan fingerprint density at radius 2 is 1.96 bits per heavy atom. The lowest BCUT2D eigenvalue weighted by Gasteiger charge is -2.38. The topological polar surface area (TPSA) is 52.5 Å². The van der Waals surface area contributed by atoms with Crippen molar-refractivity contribution in [1.82, 2.24) is 5.32 Å². The van der Waals surface area contributed by atoms with Crippen LogP contribution in [0.1, 0.15) is 58.5 Å². The zero-order valence-corrected chi connectivity index (χ0v) is 16.4. The first-order valence-electron chi connectivity index (χ1n) is 8.57. The van der Waals surface area contributed by atoms with Gasteiger partial charge in [-0.1, -0.05) is 13.3 Å². The maximum absolute atomic E-state index is 9.97. The van der Waals surface area contributed by atoms with Crippen LogP contribution in [0.5, 0.6) is 11.5 Å². The number of unbranched alkanes of at least 4 members (excludes halogenated alkanes) is 1. The van der Waals surface area contributed by atoms with Crippen LogP contribution in [0.2, 0.25) is 0 Å². The minimum absolute atomic E-state index is 0. The fourth-order valence-corrected chi connectivity index (χ4v) is 5.41. The number of hydrogen-bond acceptors (Lipinski definition) is 4. The van der Waals surface area contributed by atoms with Crippen molar-refractivity contribution in [2.75, 3.05) is 0 Å². The van der Waals surface area contributed by atoms with Crippen LogP contribution in [0.25, 0.3) is 0 Å². The molecular weight excluding hydrogens is 386 g/mol. The Kier molecular flexibility index (Phi) is 5.23. The third-order valence-corrected chi connectivity index (χ3v) is 6.53. The van der Waals surface area contributed by atoms with Gasteiger partial charge in [0, 0.05) is 28.3 Å². The molecule has 3 N–H and O–H groups in total. The minimum Gasteiger partial charge on any atom is -0.504 e. The number of halogens is 1. The highest BCUT2D eigenvalue weighted by atomic mass is 79.9. The lowest BCUT2D eigenvalue weighted by Crippen LogP contribution is -2.41. The number of nitrogens with one attached hydrogen (secondary N) is 1. The molecule has 0 amide bonds. The number of benzene rings is 1. The van der Waals surface area contributed by atoms with Gasteiger partial charge in [0.1, 0.15) is 0 Å². The van der Waals surface area contributed by atoms with Crippen molar-refractivity contribution in [3.63, 3.8) is 0 Å². The van der Waals surface area contributed by atoms with Crippen molar-refractivity contribution in [2.24, 2.45) is 0 Å². The molecule has 1 aromatic heterocycles. The number of phenols is 2. The van der Waals surface area contributed by atoms with Crippen LogP contribution in [0, 0.1) is 0 Å². The van der Waals surface area contributed by atoms with Crippen LogP contribution in [-0.4, -0.2) is 16.3 Å². The molecule has 2 atom stereocenters. The third-order valence-electron chi connectivity index (χ3n) is 5.21. The maximum atomic E-state index is 9.97. The minimum atomic E-state index is -0.000661. The first kappa shape index (κ1) is 17.8. The number of rotatable bonds is 3. The number of phenolic OH excluding ortho intramolecular Hbond substituents is 2. The SMILES string of the molecule is Br.CCCCc1cc2c(s1)C1c3cc(O)c(O)cc3CCC1NC2. The molecule has 130 valence electrons. The first-order valence-corrected chi connectivity index (χ1v) is 9.38. The molecule has 0 radical (unpaired) electrons. The van der Waals surface area contributed by atoms with Gasteiger partial charge in [-0.05, 0) is 60.6 Å². The van der Waals surface area contributed by atoms with E-state index in [0.717, 1.165) is 19.4 Å². The van der Waals surface area contributed by atoms with E-state index >= 15 is 0 Å². The van der Waals surface area contributed by atoms with Crippen molar-refractivity contribution in [3.05, 3.63) is 44.6 Å². The highest BCUT2D eigenvalue weighted by Gasteiger charge is 2.36. The van der Waals surface area contributed by atoms with Gasteiger partial charge in [0.2, 0.25) is 0 Å².